The summed E-state index contributed by atoms with van der Waals surface area (Å²) < 4.78 is 0.209. The molecule has 2 heterocycles. The van der Waals surface area contributed by atoms with Crippen LogP contribution in [0.25, 0.3) is 0 Å². The first-order valence-corrected chi connectivity index (χ1v) is 9.56. The first-order chi connectivity index (χ1) is 10.1. The van der Waals surface area contributed by atoms with Crippen LogP contribution in [0.5, 0.6) is 0 Å². The van der Waals surface area contributed by atoms with Gasteiger partial charge in [-0.3, -0.25) is 0 Å². The largest absolute Gasteiger partial charge is 0.337 e. The second kappa shape index (κ2) is 6.16. The average molecular weight is 326 g/mol. The van der Waals surface area contributed by atoms with Crippen molar-refractivity contribution in [3.05, 3.63) is 16.1 Å². The van der Waals surface area contributed by atoms with Crippen molar-refractivity contribution < 1.29 is 4.79 Å². The van der Waals surface area contributed by atoms with Crippen LogP contribution in [-0.4, -0.2) is 28.1 Å². The van der Waals surface area contributed by atoms with Crippen molar-refractivity contribution >= 4 is 29.1 Å². The number of nitrogens with one attached hydrogen (secondary N) is 2. The van der Waals surface area contributed by atoms with E-state index in [0.717, 1.165) is 12.2 Å². The monoisotopic (exact) mass is 325 g/mol. The van der Waals surface area contributed by atoms with Crippen LogP contribution in [0.15, 0.2) is 5.38 Å². The molecular weight excluding hydrogens is 302 g/mol. The number of carbonyl (C=O) groups excluding carboxylic acids is 1. The van der Waals surface area contributed by atoms with E-state index in [1.807, 2.05) is 18.7 Å². The molecule has 1 saturated carbocycles. The molecule has 3 rings (SSSR count). The van der Waals surface area contributed by atoms with Crippen molar-refractivity contribution in [3.8, 4) is 0 Å². The van der Waals surface area contributed by atoms with Gasteiger partial charge in [0.25, 0.3) is 0 Å². The minimum Gasteiger partial charge on any atom is -0.337 e. The highest BCUT2D eigenvalue weighted by atomic mass is 32.2. The van der Waals surface area contributed by atoms with E-state index < -0.39 is 0 Å². The number of amides is 2. The zero-order valence-corrected chi connectivity index (χ0v) is 14.3. The van der Waals surface area contributed by atoms with Crippen LogP contribution in [0, 0.1) is 0 Å². The highest BCUT2D eigenvalue weighted by Crippen LogP contribution is 2.41. The normalized spacial score (nSPS) is 26.6. The molecule has 1 saturated heterocycles. The van der Waals surface area contributed by atoms with Gasteiger partial charge in [0.1, 0.15) is 0 Å². The number of carbonyl (C=O) groups is 1. The average Bonchev–Trinajstić information content (AvgIpc) is 3.02. The molecule has 2 aliphatic rings. The maximum absolute atomic E-state index is 12.0. The first-order valence-electron chi connectivity index (χ1n) is 7.69. The molecule has 1 aromatic heterocycles. The second-order valence-corrected chi connectivity index (χ2v) is 8.91. The van der Waals surface area contributed by atoms with Crippen molar-refractivity contribution in [2.24, 2.45) is 0 Å². The Balaban J connectivity index is 1.46. The van der Waals surface area contributed by atoms with Crippen LogP contribution in [0.2, 0.25) is 0 Å². The Hall–Kier alpha value is -0.750. The molecule has 1 aromatic rings. The van der Waals surface area contributed by atoms with E-state index in [0.29, 0.717) is 5.92 Å². The van der Waals surface area contributed by atoms with E-state index in [1.165, 1.54) is 36.4 Å². The van der Waals surface area contributed by atoms with Crippen LogP contribution in [-0.2, 0) is 0 Å². The summed E-state index contributed by atoms with van der Waals surface area (Å²) in [5.41, 5.74) is 0.985. The number of rotatable bonds is 5. The molecule has 2 N–H and O–H groups in total. The topological polar surface area (TPSA) is 54.0 Å². The van der Waals surface area contributed by atoms with Gasteiger partial charge in [0.05, 0.1) is 16.7 Å². The predicted molar refractivity (Wildman–Crippen MR) is 89.1 cm³/mol. The Morgan fingerprint density at radius 3 is 3.05 bits per heavy atom. The van der Waals surface area contributed by atoms with Crippen LogP contribution in [0.3, 0.4) is 0 Å². The minimum absolute atomic E-state index is 0.0298. The van der Waals surface area contributed by atoms with Gasteiger partial charge in [-0.1, -0.05) is 0 Å². The van der Waals surface area contributed by atoms with Crippen molar-refractivity contribution in [1.29, 1.82) is 0 Å². The van der Waals surface area contributed by atoms with E-state index in [1.54, 1.807) is 11.3 Å². The van der Waals surface area contributed by atoms with Gasteiger partial charge in [0.15, 0.2) is 0 Å². The van der Waals surface area contributed by atoms with Crippen molar-refractivity contribution in [2.45, 2.75) is 56.2 Å². The molecule has 0 aromatic carbocycles. The summed E-state index contributed by atoms with van der Waals surface area (Å²) in [5.74, 6) is 1.89. The number of aromatic nitrogens is 1. The molecule has 0 radical (unpaired) electrons. The van der Waals surface area contributed by atoms with Gasteiger partial charge in [-0.05, 0) is 45.3 Å². The second-order valence-electron chi connectivity index (χ2n) is 6.34. The SMILES string of the molecule is C[C@H](NC(=O)NC[C@]1(C)CCCS1)c1csc(C2CC2)n1. The fourth-order valence-electron chi connectivity index (χ4n) is 2.58. The molecule has 0 spiro atoms. The maximum Gasteiger partial charge on any atom is 0.315 e. The smallest absolute Gasteiger partial charge is 0.315 e. The Bertz CT molecular complexity index is 507. The molecule has 4 nitrogen and oxygen atoms in total. The third-order valence-electron chi connectivity index (χ3n) is 4.18. The molecule has 0 bridgehead atoms. The number of hydrogen-bond acceptors (Lipinski definition) is 4. The number of nitrogens with zero attached hydrogens (tertiary/aromatic N) is 1. The summed E-state index contributed by atoms with van der Waals surface area (Å²) in [7, 11) is 0. The molecule has 2 amide bonds. The molecule has 0 unspecified atom stereocenters. The predicted octanol–water partition coefficient (Wildman–Crippen LogP) is 3.67. The van der Waals surface area contributed by atoms with Crippen LogP contribution in [0.4, 0.5) is 4.79 Å². The van der Waals surface area contributed by atoms with Crippen LogP contribution >= 0.6 is 23.1 Å². The molecule has 6 heteroatoms. The Morgan fingerprint density at radius 1 is 1.57 bits per heavy atom. The number of thiazole rings is 1. The molecular formula is C15H23N3OS2. The summed E-state index contributed by atoms with van der Waals surface area (Å²) in [5, 5.41) is 9.31. The lowest BCUT2D eigenvalue weighted by molar-refractivity contribution is 0.236. The molecule has 2 fully saturated rings. The molecule has 1 aliphatic heterocycles. The lowest BCUT2D eigenvalue weighted by Gasteiger charge is -2.23. The van der Waals surface area contributed by atoms with Gasteiger partial charge >= 0.3 is 6.03 Å². The Morgan fingerprint density at radius 2 is 2.38 bits per heavy atom. The lowest BCUT2D eigenvalue weighted by Crippen LogP contribution is -2.43. The zero-order valence-electron chi connectivity index (χ0n) is 12.6. The van der Waals surface area contributed by atoms with Gasteiger partial charge in [0, 0.05) is 22.6 Å². The van der Waals surface area contributed by atoms with Crippen molar-refractivity contribution in [3.63, 3.8) is 0 Å². The summed E-state index contributed by atoms with van der Waals surface area (Å²) >= 11 is 3.68. The quantitative estimate of drug-likeness (QED) is 0.868. The Labute approximate surface area is 134 Å². The third kappa shape index (κ3) is 3.92. The van der Waals surface area contributed by atoms with Crippen molar-refractivity contribution in [1.82, 2.24) is 15.6 Å². The van der Waals surface area contributed by atoms with E-state index >= 15 is 0 Å². The fourth-order valence-corrected chi connectivity index (χ4v) is 4.91. The maximum atomic E-state index is 12.0. The van der Waals surface area contributed by atoms with E-state index in [-0.39, 0.29) is 16.8 Å². The van der Waals surface area contributed by atoms with Gasteiger partial charge < -0.3 is 10.6 Å². The number of hydrogen-bond donors (Lipinski definition) is 2. The van der Waals surface area contributed by atoms with E-state index in [4.69, 9.17) is 0 Å². The molecule has 21 heavy (non-hydrogen) atoms. The third-order valence-corrected chi connectivity index (χ3v) is 6.74. The highest BCUT2D eigenvalue weighted by molar-refractivity contribution is 8.00. The van der Waals surface area contributed by atoms with Gasteiger partial charge in [-0.2, -0.15) is 11.8 Å². The molecule has 116 valence electrons. The number of urea groups is 1. The van der Waals surface area contributed by atoms with E-state index in [2.05, 4.69) is 27.9 Å². The van der Waals surface area contributed by atoms with Gasteiger partial charge in [-0.15, -0.1) is 11.3 Å². The number of thioether (sulfide) groups is 1. The standard InChI is InChI=1S/C15H23N3OS2/c1-10(12-8-20-13(18-12)11-4-5-11)17-14(19)16-9-15(2)6-3-7-21-15/h8,10-11H,3-7,9H2,1-2H3,(H2,16,17,19)/t10-,15-/m0/s1. The van der Waals surface area contributed by atoms with Crippen molar-refractivity contribution in [2.75, 3.05) is 12.3 Å². The minimum atomic E-state index is -0.0859. The fraction of sp³-hybridized carbons (Fsp3) is 0.733. The molecule has 2 atom stereocenters. The summed E-state index contributed by atoms with van der Waals surface area (Å²) in [6.45, 7) is 4.97. The summed E-state index contributed by atoms with van der Waals surface area (Å²) in [4.78, 5) is 16.7. The zero-order chi connectivity index (χ0) is 14.9. The summed E-state index contributed by atoms with van der Waals surface area (Å²) in [6.07, 6.45) is 4.98. The van der Waals surface area contributed by atoms with Crippen LogP contribution < -0.4 is 10.6 Å². The first kappa shape index (κ1) is 15.2. The highest BCUT2D eigenvalue weighted by Gasteiger charge is 2.30. The summed E-state index contributed by atoms with van der Waals surface area (Å²) in [6, 6.07) is -0.116. The van der Waals surface area contributed by atoms with E-state index in [9.17, 15) is 4.79 Å². The van der Waals surface area contributed by atoms with Gasteiger partial charge in [0.2, 0.25) is 0 Å². The van der Waals surface area contributed by atoms with Gasteiger partial charge in [-0.25, -0.2) is 9.78 Å². The molecule has 1 aliphatic carbocycles. The lowest BCUT2D eigenvalue weighted by atomic mass is 10.1. The Kier molecular flexibility index (Phi) is 4.45. The van der Waals surface area contributed by atoms with Crippen LogP contribution in [0.1, 0.15) is 62.2 Å².